The molecule has 0 aliphatic carbocycles. The lowest BCUT2D eigenvalue weighted by Gasteiger charge is -2.25. The van der Waals surface area contributed by atoms with Gasteiger partial charge in [0.1, 0.15) is 5.76 Å². The molecule has 0 saturated heterocycles. The van der Waals surface area contributed by atoms with Crippen molar-refractivity contribution in [2.75, 3.05) is 13.1 Å². The van der Waals surface area contributed by atoms with Gasteiger partial charge in [0.15, 0.2) is 5.75 Å². The van der Waals surface area contributed by atoms with Crippen LogP contribution < -0.4 is 5.43 Å². The van der Waals surface area contributed by atoms with Crippen LogP contribution in [0.25, 0.3) is 0 Å². The van der Waals surface area contributed by atoms with Gasteiger partial charge in [-0.25, -0.2) is 0 Å². The summed E-state index contributed by atoms with van der Waals surface area (Å²) in [5.74, 6) is 0.647. The summed E-state index contributed by atoms with van der Waals surface area (Å²) in [5.41, 5.74) is 1.17. The predicted octanol–water partition coefficient (Wildman–Crippen LogP) is 3.13. The second kappa shape index (κ2) is 8.02. The Kier molecular flexibility index (Phi) is 6.04. The number of pyridine rings is 1. The van der Waals surface area contributed by atoms with Crippen molar-refractivity contribution in [3.8, 4) is 5.75 Å². The molecule has 0 aliphatic rings. The Labute approximate surface area is 137 Å². The van der Waals surface area contributed by atoms with E-state index in [4.69, 9.17) is 4.42 Å². The van der Waals surface area contributed by atoms with Crippen LogP contribution in [0.5, 0.6) is 5.75 Å². The lowest BCUT2D eigenvalue weighted by molar-refractivity contribution is 0.253. The lowest BCUT2D eigenvalue weighted by Crippen LogP contribution is -2.28. The third-order valence-electron chi connectivity index (χ3n) is 3.95. The van der Waals surface area contributed by atoms with Crippen molar-refractivity contribution in [2.45, 2.75) is 46.7 Å². The van der Waals surface area contributed by atoms with Crippen molar-refractivity contribution in [3.63, 3.8) is 0 Å². The minimum Gasteiger partial charge on any atom is -0.503 e. The highest BCUT2D eigenvalue weighted by molar-refractivity contribution is 5.30. The Hall–Kier alpha value is -2.01. The Morgan fingerprint density at radius 2 is 1.96 bits per heavy atom. The molecule has 2 heterocycles. The molecule has 5 nitrogen and oxygen atoms in total. The van der Waals surface area contributed by atoms with E-state index in [1.807, 2.05) is 23.6 Å². The number of hydrogen-bond acceptors (Lipinski definition) is 4. The predicted molar refractivity (Wildman–Crippen MR) is 90.8 cm³/mol. The molecule has 1 N–H and O–H groups in total. The first kappa shape index (κ1) is 17.3. The minimum atomic E-state index is -0.318. The molecule has 0 unspecified atom stereocenters. The molecule has 5 heteroatoms. The Balaban J connectivity index is 2.40. The van der Waals surface area contributed by atoms with E-state index in [2.05, 4.69) is 18.7 Å². The number of aromatic nitrogens is 1. The number of aromatic hydroxyl groups is 1. The summed E-state index contributed by atoms with van der Waals surface area (Å²) in [6, 6.07) is 5.22. The standard InChI is InChI=1S/C18H26N2O3/c1-4-8-19(9-5-2)13-16-18(22)17(21)11-14(3)20(16)12-15-7-6-10-23-15/h6-7,10-11,22H,4-5,8-9,12-13H2,1-3H3. The van der Waals surface area contributed by atoms with Crippen molar-refractivity contribution in [2.24, 2.45) is 0 Å². The molecule has 2 aromatic rings. The van der Waals surface area contributed by atoms with Gasteiger partial charge < -0.3 is 14.1 Å². The molecule has 0 radical (unpaired) electrons. The fourth-order valence-electron chi connectivity index (χ4n) is 2.87. The summed E-state index contributed by atoms with van der Waals surface area (Å²) < 4.78 is 7.39. The van der Waals surface area contributed by atoms with Crippen LogP contribution in [0.1, 0.15) is 43.8 Å². The summed E-state index contributed by atoms with van der Waals surface area (Å²) in [6.07, 6.45) is 3.71. The maximum Gasteiger partial charge on any atom is 0.223 e. The number of aryl methyl sites for hydroxylation is 1. The summed E-state index contributed by atoms with van der Waals surface area (Å²) in [7, 11) is 0. The van der Waals surface area contributed by atoms with E-state index in [1.54, 1.807) is 6.26 Å². The highest BCUT2D eigenvalue weighted by Gasteiger charge is 2.17. The van der Waals surface area contributed by atoms with Gasteiger partial charge in [0, 0.05) is 18.3 Å². The van der Waals surface area contributed by atoms with Gasteiger partial charge in [0.25, 0.3) is 0 Å². The monoisotopic (exact) mass is 318 g/mol. The van der Waals surface area contributed by atoms with Gasteiger partial charge in [0.2, 0.25) is 5.43 Å². The second-order valence-corrected chi connectivity index (χ2v) is 5.89. The zero-order valence-electron chi connectivity index (χ0n) is 14.2. The highest BCUT2D eigenvalue weighted by Crippen LogP contribution is 2.19. The van der Waals surface area contributed by atoms with E-state index in [-0.39, 0.29) is 11.2 Å². The van der Waals surface area contributed by atoms with Gasteiger partial charge in [-0.1, -0.05) is 13.8 Å². The average Bonchev–Trinajstić information content (AvgIpc) is 3.02. The quantitative estimate of drug-likeness (QED) is 0.812. The van der Waals surface area contributed by atoms with Gasteiger partial charge in [-0.3, -0.25) is 9.69 Å². The Bertz CT molecular complexity index is 668. The fraction of sp³-hybridized carbons (Fsp3) is 0.500. The maximum atomic E-state index is 12.0. The first-order valence-corrected chi connectivity index (χ1v) is 8.23. The molecule has 126 valence electrons. The molecule has 2 aromatic heterocycles. The van der Waals surface area contributed by atoms with E-state index in [0.717, 1.165) is 37.4 Å². The molecule has 23 heavy (non-hydrogen) atoms. The zero-order valence-corrected chi connectivity index (χ0v) is 14.2. The van der Waals surface area contributed by atoms with E-state index >= 15 is 0 Å². The van der Waals surface area contributed by atoms with Crippen LogP contribution in [0.3, 0.4) is 0 Å². The zero-order chi connectivity index (χ0) is 16.8. The Morgan fingerprint density at radius 1 is 1.26 bits per heavy atom. The fourth-order valence-corrected chi connectivity index (χ4v) is 2.87. The summed E-state index contributed by atoms with van der Waals surface area (Å²) in [5, 5.41) is 10.3. The van der Waals surface area contributed by atoms with Crippen LogP contribution in [0.2, 0.25) is 0 Å². The second-order valence-electron chi connectivity index (χ2n) is 5.89. The van der Waals surface area contributed by atoms with E-state index in [1.165, 1.54) is 6.07 Å². The summed E-state index contributed by atoms with van der Waals surface area (Å²) in [4.78, 5) is 14.3. The minimum absolute atomic E-state index is 0.153. The van der Waals surface area contributed by atoms with Gasteiger partial charge in [-0.15, -0.1) is 0 Å². The number of nitrogens with zero attached hydrogens (tertiary/aromatic N) is 2. The van der Waals surface area contributed by atoms with Crippen LogP contribution in [0.15, 0.2) is 33.7 Å². The molecule has 0 aromatic carbocycles. The molecule has 0 bridgehead atoms. The molecule has 0 spiro atoms. The normalized spacial score (nSPS) is 11.3. The van der Waals surface area contributed by atoms with Crippen molar-refractivity contribution in [1.29, 1.82) is 0 Å². The summed E-state index contributed by atoms with van der Waals surface area (Å²) in [6.45, 7) is 9.10. The van der Waals surface area contributed by atoms with Crippen LogP contribution in [0, 0.1) is 6.92 Å². The molecule has 0 amide bonds. The molecule has 2 rings (SSSR count). The van der Waals surface area contributed by atoms with Gasteiger partial charge >= 0.3 is 0 Å². The van der Waals surface area contributed by atoms with Crippen molar-refractivity contribution in [1.82, 2.24) is 9.47 Å². The van der Waals surface area contributed by atoms with Gasteiger partial charge in [-0.05, 0) is 45.0 Å². The topological polar surface area (TPSA) is 58.6 Å². The summed E-state index contributed by atoms with van der Waals surface area (Å²) >= 11 is 0. The molecule has 0 atom stereocenters. The van der Waals surface area contributed by atoms with Crippen LogP contribution in [-0.2, 0) is 13.1 Å². The first-order chi connectivity index (χ1) is 11.1. The SMILES string of the molecule is CCCN(CCC)Cc1c(O)c(=O)cc(C)n1Cc1ccco1. The van der Waals surface area contributed by atoms with Crippen molar-refractivity contribution < 1.29 is 9.52 Å². The van der Waals surface area contributed by atoms with Crippen molar-refractivity contribution >= 4 is 0 Å². The number of hydrogen-bond donors (Lipinski definition) is 1. The highest BCUT2D eigenvalue weighted by atomic mass is 16.3. The smallest absolute Gasteiger partial charge is 0.223 e. The van der Waals surface area contributed by atoms with Crippen LogP contribution >= 0.6 is 0 Å². The average molecular weight is 318 g/mol. The number of furan rings is 1. The molecule has 0 fully saturated rings. The molecular weight excluding hydrogens is 292 g/mol. The molecule has 0 aliphatic heterocycles. The lowest BCUT2D eigenvalue weighted by atomic mass is 10.2. The Morgan fingerprint density at radius 3 is 2.52 bits per heavy atom. The number of rotatable bonds is 8. The third kappa shape index (κ3) is 4.26. The van der Waals surface area contributed by atoms with E-state index in [9.17, 15) is 9.90 Å². The first-order valence-electron chi connectivity index (χ1n) is 8.23. The van der Waals surface area contributed by atoms with E-state index in [0.29, 0.717) is 18.8 Å². The largest absolute Gasteiger partial charge is 0.503 e. The van der Waals surface area contributed by atoms with Crippen LogP contribution in [0.4, 0.5) is 0 Å². The molecule has 0 saturated carbocycles. The maximum absolute atomic E-state index is 12.0. The van der Waals surface area contributed by atoms with Crippen LogP contribution in [-0.4, -0.2) is 27.7 Å². The van der Waals surface area contributed by atoms with E-state index < -0.39 is 0 Å². The van der Waals surface area contributed by atoms with Gasteiger partial charge in [0.05, 0.1) is 18.5 Å². The van der Waals surface area contributed by atoms with Gasteiger partial charge in [-0.2, -0.15) is 0 Å². The van der Waals surface area contributed by atoms with Crippen molar-refractivity contribution in [3.05, 3.63) is 51.8 Å². The molecular formula is C18H26N2O3. The third-order valence-corrected chi connectivity index (χ3v) is 3.95.